The number of carbonyl (C=O) groups is 1. The third-order valence-electron chi connectivity index (χ3n) is 2.07. The summed E-state index contributed by atoms with van der Waals surface area (Å²) < 4.78 is 0. The molecule has 0 atom stereocenters. The van der Waals surface area contributed by atoms with Crippen LogP contribution in [0.2, 0.25) is 0 Å². The number of rotatable bonds is 7. The lowest BCUT2D eigenvalue weighted by atomic mass is 10.3. The van der Waals surface area contributed by atoms with Gasteiger partial charge in [-0.3, -0.25) is 4.79 Å². The fraction of sp³-hybridized carbons (Fsp3) is 0.900. The molecule has 0 unspecified atom stereocenters. The molecule has 0 aromatic carbocycles. The molecule has 1 amide bonds. The van der Waals surface area contributed by atoms with Crippen molar-refractivity contribution < 1.29 is 4.79 Å². The van der Waals surface area contributed by atoms with Crippen LogP contribution < -0.4 is 5.32 Å². The van der Waals surface area contributed by atoms with Crippen molar-refractivity contribution in [3.8, 4) is 0 Å². The van der Waals surface area contributed by atoms with Gasteiger partial charge in [0.25, 0.3) is 0 Å². The summed E-state index contributed by atoms with van der Waals surface area (Å²) in [5.41, 5.74) is 0. The van der Waals surface area contributed by atoms with Gasteiger partial charge < -0.3 is 15.1 Å². The van der Waals surface area contributed by atoms with Crippen LogP contribution in [0, 0.1) is 0 Å². The highest BCUT2D eigenvalue weighted by atomic mass is 16.2. The predicted molar refractivity (Wildman–Crippen MR) is 59.4 cm³/mol. The molecule has 0 heterocycles. The van der Waals surface area contributed by atoms with Gasteiger partial charge in [-0.15, -0.1) is 0 Å². The predicted octanol–water partition coefficient (Wildman–Crippen LogP) is 0.00600. The van der Waals surface area contributed by atoms with Crippen molar-refractivity contribution in [1.29, 1.82) is 0 Å². The topological polar surface area (TPSA) is 35.6 Å². The maximum Gasteiger partial charge on any atom is 0.223 e. The molecule has 0 radical (unpaired) electrons. The molecule has 14 heavy (non-hydrogen) atoms. The Morgan fingerprint density at radius 1 is 1.21 bits per heavy atom. The van der Waals surface area contributed by atoms with Gasteiger partial charge >= 0.3 is 0 Å². The summed E-state index contributed by atoms with van der Waals surface area (Å²) in [6.45, 7) is 5.47. The Kier molecular flexibility index (Phi) is 7.42. The minimum atomic E-state index is 0.216. The maximum atomic E-state index is 11.5. The van der Waals surface area contributed by atoms with Gasteiger partial charge in [0, 0.05) is 33.1 Å². The summed E-state index contributed by atoms with van der Waals surface area (Å²) in [5, 5.41) is 3.14. The smallest absolute Gasteiger partial charge is 0.223 e. The Morgan fingerprint density at radius 3 is 2.36 bits per heavy atom. The molecule has 0 aliphatic rings. The molecule has 0 rings (SSSR count). The van der Waals surface area contributed by atoms with E-state index in [9.17, 15) is 4.79 Å². The lowest BCUT2D eigenvalue weighted by Gasteiger charge is -2.19. The van der Waals surface area contributed by atoms with Crippen molar-refractivity contribution >= 4 is 5.91 Å². The number of likely N-dealkylation sites (N-methyl/N-ethyl adjacent to an activating group) is 2. The number of nitrogens with one attached hydrogen (secondary N) is 1. The molecule has 84 valence electrons. The fourth-order valence-electron chi connectivity index (χ4n) is 1.04. The van der Waals surface area contributed by atoms with E-state index in [4.69, 9.17) is 0 Å². The van der Waals surface area contributed by atoms with Gasteiger partial charge in [-0.2, -0.15) is 0 Å². The monoisotopic (exact) mass is 201 g/mol. The number of hydrogen-bond acceptors (Lipinski definition) is 3. The van der Waals surface area contributed by atoms with Crippen molar-refractivity contribution in [3.63, 3.8) is 0 Å². The Hall–Kier alpha value is -0.610. The van der Waals surface area contributed by atoms with Crippen LogP contribution in [-0.2, 0) is 4.79 Å². The molecule has 4 heteroatoms. The molecular formula is C10H23N3O. The molecule has 0 spiro atoms. The first-order valence-electron chi connectivity index (χ1n) is 5.17. The quantitative estimate of drug-likeness (QED) is 0.589. The molecule has 0 bridgehead atoms. The zero-order chi connectivity index (χ0) is 11.0. The SMILES string of the molecule is CCNCCC(=O)N(C)CCN(C)C. The third kappa shape index (κ3) is 6.86. The molecule has 4 nitrogen and oxygen atoms in total. The first-order valence-corrected chi connectivity index (χ1v) is 5.17. The average molecular weight is 201 g/mol. The van der Waals surface area contributed by atoms with Crippen molar-refractivity contribution in [1.82, 2.24) is 15.1 Å². The van der Waals surface area contributed by atoms with Gasteiger partial charge in [0.2, 0.25) is 5.91 Å². The van der Waals surface area contributed by atoms with Crippen LogP contribution in [0.5, 0.6) is 0 Å². The van der Waals surface area contributed by atoms with Gasteiger partial charge in [0.05, 0.1) is 0 Å². The zero-order valence-corrected chi connectivity index (χ0v) is 9.84. The molecule has 1 N–H and O–H groups in total. The summed E-state index contributed by atoms with van der Waals surface area (Å²) in [7, 11) is 5.88. The molecule has 0 fully saturated rings. The normalized spacial score (nSPS) is 10.6. The van der Waals surface area contributed by atoms with E-state index in [1.54, 1.807) is 4.90 Å². The van der Waals surface area contributed by atoms with Crippen LogP contribution >= 0.6 is 0 Å². The van der Waals surface area contributed by atoms with Gasteiger partial charge in [0.15, 0.2) is 0 Å². The standard InChI is InChI=1S/C10H23N3O/c1-5-11-7-6-10(14)13(4)9-8-12(2)3/h11H,5-9H2,1-4H3. The molecule has 0 aliphatic heterocycles. The molecule has 0 aromatic rings. The third-order valence-corrected chi connectivity index (χ3v) is 2.07. The molecule has 0 aliphatic carbocycles. The van der Waals surface area contributed by atoms with E-state index < -0.39 is 0 Å². The molecule has 0 saturated heterocycles. The minimum Gasteiger partial charge on any atom is -0.344 e. The largest absolute Gasteiger partial charge is 0.344 e. The lowest BCUT2D eigenvalue weighted by Crippen LogP contribution is -2.35. The zero-order valence-electron chi connectivity index (χ0n) is 9.84. The summed E-state index contributed by atoms with van der Waals surface area (Å²) in [6, 6.07) is 0. The van der Waals surface area contributed by atoms with Gasteiger partial charge in [0.1, 0.15) is 0 Å². The van der Waals surface area contributed by atoms with Crippen LogP contribution in [-0.4, -0.2) is 63.0 Å². The van der Waals surface area contributed by atoms with Gasteiger partial charge in [-0.1, -0.05) is 6.92 Å². The summed E-state index contributed by atoms with van der Waals surface area (Å²) in [5.74, 6) is 0.216. The molecule has 0 saturated carbocycles. The summed E-state index contributed by atoms with van der Waals surface area (Å²) in [6.07, 6.45) is 0.595. The van der Waals surface area contributed by atoms with Crippen LogP contribution in [0.15, 0.2) is 0 Å². The highest BCUT2D eigenvalue weighted by molar-refractivity contribution is 5.76. The Balaban J connectivity index is 3.54. The second kappa shape index (κ2) is 7.76. The number of hydrogen-bond donors (Lipinski definition) is 1. The second-order valence-corrected chi connectivity index (χ2v) is 3.72. The van der Waals surface area contributed by atoms with Gasteiger partial charge in [-0.25, -0.2) is 0 Å². The van der Waals surface area contributed by atoms with E-state index in [1.807, 2.05) is 28.1 Å². The minimum absolute atomic E-state index is 0.216. The Morgan fingerprint density at radius 2 is 1.86 bits per heavy atom. The maximum absolute atomic E-state index is 11.5. The Labute approximate surface area is 87.3 Å². The van der Waals surface area contributed by atoms with E-state index in [1.165, 1.54) is 0 Å². The number of carbonyl (C=O) groups excluding carboxylic acids is 1. The average Bonchev–Trinajstić information content (AvgIpc) is 2.14. The molecule has 0 aromatic heterocycles. The summed E-state index contributed by atoms with van der Waals surface area (Å²) in [4.78, 5) is 15.4. The lowest BCUT2D eigenvalue weighted by molar-refractivity contribution is -0.129. The van der Waals surface area contributed by atoms with Crippen LogP contribution in [0.4, 0.5) is 0 Å². The van der Waals surface area contributed by atoms with E-state index in [-0.39, 0.29) is 5.91 Å². The van der Waals surface area contributed by atoms with E-state index in [2.05, 4.69) is 10.2 Å². The highest BCUT2D eigenvalue weighted by Gasteiger charge is 2.07. The van der Waals surface area contributed by atoms with Crippen LogP contribution in [0.3, 0.4) is 0 Å². The van der Waals surface area contributed by atoms with Crippen molar-refractivity contribution in [2.75, 3.05) is 47.3 Å². The first-order chi connectivity index (χ1) is 6.57. The Bertz CT molecular complexity index is 159. The van der Waals surface area contributed by atoms with Crippen molar-refractivity contribution in [2.45, 2.75) is 13.3 Å². The van der Waals surface area contributed by atoms with Crippen LogP contribution in [0.1, 0.15) is 13.3 Å². The summed E-state index contributed by atoms with van der Waals surface area (Å²) >= 11 is 0. The number of amides is 1. The van der Waals surface area contributed by atoms with Crippen LogP contribution in [0.25, 0.3) is 0 Å². The highest BCUT2D eigenvalue weighted by Crippen LogP contribution is 1.90. The fourth-order valence-corrected chi connectivity index (χ4v) is 1.04. The van der Waals surface area contributed by atoms with E-state index in [0.717, 1.165) is 26.2 Å². The molecular weight excluding hydrogens is 178 g/mol. The van der Waals surface area contributed by atoms with Crippen molar-refractivity contribution in [2.24, 2.45) is 0 Å². The van der Waals surface area contributed by atoms with Gasteiger partial charge in [-0.05, 0) is 20.6 Å². The van der Waals surface area contributed by atoms with Crippen molar-refractivity contribution in [3.05, 3.63) is 0 Å². The first kappa shape index (κ1) is 13.4. The van der Waals surface area contributed by atoms with E-state index >= 15 is 0 Å². The number of nitrogens with zero attached hydrogens (tertiary/aromatic N) is 2. The van der Waals surface area contributed by atoms with E-state index in [0.29, 0.717) is 6.42 Å². The second-order valence-electron chi connectivity index (χ2n) is 3.72.